The van der Waals surface area contributed by atoms with Crippen molar-refractivity contribution in [2.45, 2.75) is 19.8 Å². The second kappa shape index (κ2) is 7.47. The molecule has 0 aromatic carbocycles. The smallest absolute Gasteiger partial charge is 0.254 e. The third-order valence-corrected chi connectivity index (χ3v) is 4.42. The van der Waals surface area contributed by atoms with Crippen molar-refractivity contribution in [1.82, 2.24) is 10.3 Å². The average Bonchev–Trinajstić information content (AvgIpc) is 2.48. The number of carbonyl (C=O) groups is 1. The molecule has 0 spiro atoms. The first-order valence-corrected chi connectivity index (χ1v) is 8.12. The van der Waals surface area contributed by atoms with Gasteiger partial charge in [0.05, 0.1) is 5.56 Å². The van der Waals surface area contributed by atoms with Crippen molar-refractivity contribution in [2.24, 2.45) is 5.92 Å². The summed E-state index contributed by atoms with van der Waals surface area (Å²) >= 11 is 1.95. The molecule has 2 heterocycles. The van der Waals surface area contributed by atoms with Crippen molar-refractivity contribution >= 4 is 23.5 Å². The Morgan fingerprint density at radius 3 is 2.95 bits per heavy atom. The molecule has 1 aliphatic heterocycles. The van der Waals surface area contributed by atoms with E-state index in [2.05, 4.69) is 15.6 Å². The van der Waals surface area contributed by atoms with Crippen LogP contribution in [0.3, 0.4) is 0 Å². The molecule has 0 aliphatic carbocycles. The maximum atomic E-state index is 14.1. The fraction of sp³-hybridized carbons (Fsp3) is 0.571. The number of amides is 1. The lowest BCUT2D eigenvalue weighted by atomic mass is 10.0. The summed E-state index contributed by atoms with van der Waals surface area (Å²) in [5.74, 6) is 2.00. The zero-order valence-corrected chi connectivity index (χ0v) is 12.4. The summed E-state index contributed by atoms with van der Waals surface area (Å²) in [6.07, 6.45) is 3.69. The van der Waals surface area contributed by atoms with E-state index in [1.807, 2.05) is 18.7 Å². The highest BCUT2D eigenvalue weighted by atomic mass is 32.2. The lowest BCUT2D eigenvalue weighted by Gasteiger charge is -2.21. The number of pyridine rings is 1. The Kier molecular flexibility index (Phi) is 5.64. The summed E-state index contributed by atoms with van der Waals surface area (Å²) in [5.41, 5.74) is 0.0566. The first-order valence-electron chi connectivity index (χ1n) is 6.96. The lowest BCUT2D eigenvalue weighted by Crippen LogP contribution is -2.31. The third-order valence-electron chi connectivity index (χ3n) is 3.37. The molecule has 0 bridgehead atoms. The zero-order valence-electron chi connectivity index (χ0n) is 11.6. The van der Waals surface area contributed by atoms with Crippen LogP contribution in [0.25, 0.3) is 0 Å². The van der Waals surface area contributed by atoms with E-state index in [-0.39, 0.29) is 17.3 Å². The van der Waals surface area contributed by atoms with Gasteiger partial charge in [0, 0.05) is 19.3 Å². The fourth-order valence-corrected chi connectivity index (χ4v) is 3.40. The van der Waals surface area contributed by atoms with Gasteiger partial charge in [0.1, 0.15) is 0 Å². The number of aromatic nitrogens is 1. The van der Waals surface area contributed by atoms with E-state index in [9.17, 15) is 9.18 Å². The molecule has 20 heavy (non-hydrogen) atoms. The van der Waals surface area contributed by atoms with Crippen molar-refractivity contribution in [3.8, 4) is 0 Å². The predicted octanol–water partition coefficient (Wildman–Crippen LogP) is 2.53. The van der Waals surface area contributed by atoms with Gasteiger partial charge in [-0.25, -0.2) is 9.37 Å². The van der Waals surface area contributed by atoms with Crippen molar-refractivity contribution in [3.63, 3.8) is 0 Å². The van der Waals surface area contributed by atoms with E-state index in [0.717, 1.165) is 24.3 Å². The van der Waals surface area contributed by atoms with Gasteiger partial charge >= 0.3 is 0 Å². The van der Waals surface area contributed by atoms with Gasteiger partial charge in [0.2, 0.25) is 0 Å². The highest BCUT2D eigenvalue weighted by Crippen LogP contribution is 2.22. The summed E-state index contributed by atoms with van der Waals surface area (Å²) in [6, 6.07) is 1.42. The van der Waals surface area contributed by atoms with Gasteiger partial charge in [-0.1, -0.05) is 0 Å². The first-order chi connectivity index (χ1) is 9.72. The Balaban J connectivity index is 1.96. The van der Waals surface area contributed by atoms with Crippen LogP contribution in [0.4, 0.5) is 10.2 Å². The van der Waals surface area contributed by atoms with Gasteiger partial charge in [0.15, 0.2) is 11.6 Å². The van der Waals surface area contributed by atoms with Crippen molar-refractivity contribution in [1.29, 1.82) is 0 Å². The molecule has 1 aromatic rings. The number of hydrogen-bond acceptors (Lipinski definition) is 4. The number of carbonyl (C=O) groups excluding carboxylic acids is 1. The molecule has 0 atom stereocenters. The number of halogens is 1. The molecule has 0 radical (unpaired) electrons. The van der Waals surface area contributed by atoms with Gasteiger partial charge in [-0.3, -0.25) is 4.79 Å². The highest BCUT2D eigenvalue weighted by molar-refractivity contribution is 7.99. The van der Waals surface area contributed by atoms with Crippen LogP contribution in [0.5, 0.6) is 0 Å². The molecule has 1 aliphatic rings. The minimum atomic E-state index is -0.578. The largest absolute Gasteiger partial charge is 0.368 e. The molecule has 1 amide bonds. The highest BCUT2D eigenvalue weighted by Gasteiger charge is 2.18. The quantitative estimate of drug-likeness (QED) is 0.877. The van der Waals surface area contributed by atoms with E-state index < -0.39 is 5.82 Å². The van der Waals surface area contributed by atoms with Gasteiger partial charge in [-0.2, -0.15) is 11.8 Å². The number of thioether (sulfide) groups is 1. The van der Waals surface area contributed by atoms with Crippen LogP contribution >= 0.6 is 11.8 Å². The van der Waals surface area contributed by atoms with E-state index in [1.54, 1.807) is 0 Å². The number of nitrogens with one attached hydrogen (secondary N) is 2. The summed E-state index contributed by atoms with van der Waals surface area (Å²) < 4.78 is 14.1. The van der Waals surface area contributed by atoms with Gasteiger partial charge in [-0.15, -0.1) is 0 Å². The van der Waals surface area contributed by atoms with Crippen LogP contribution in [-0.2, 0) is 0 Å². The Morgan fingerprint density at radius 2 is 2.25 bits per heavy atom. The standard InChI is InChI=1S/C14H20FN3OS/c1-2-16-13-12(15)11(3-6-17-13)14(19)18-9-10-4-7-20-8-5-10/h3,6,10H,2,4-5,7-9H2,1H3,(H,16,17)(H,18,19). The van der Waals surface area contributed by atoms with Gasteiger partial charge < -0.3 is 10.6 Å². The number of nitrogens with zero attached hydrogens (tertiary/aromatic N) is 1. The molecule has 1 saturated heterocycles. The van der Waals surface area contributed by atoms with Crippen LogP contribution in [0.1, 0.15) is 30.1 Å². The summed E-state index contributed by atoms with van der Waals surface area (Å²) in [4.78, 5) is 15.9. The lowest BCUT2D eigenvalue weighted by molar-refractivity contribution is 0.0942. The van der Waals surface area contributed by atoms with Gasteiger partial charge in [-0.05, 0) is 43.3 Å². The number of rotatable bonds is 5. The zero-order chi connectivity index (χ0) is 14.4. The third kappa shape index (κ3) is 3.85. The number of anilines is 1. The molecular weight excluding hydrogens is 277 g/mol. The molecule has 2 rings (SSSR count). The minimum Gasteiger partial charge on any atom is -0.368 e. The normalized spacial score (nSPS) is 15.9. The molecule has 0 unspecified atom stereocenters. The molecule has 0 saturated carbocycles. The molecule has 6 heteroatoms. The maximum absolute atomic E-state index is 14.1. The molecular formula is C14H20FN3OS. The van der Waals surface area contributed by atoms with Crippen molar-refractivity contribution in [3.05, 3.63) is 23.6 Å². The molecule has 1 aromatic heterocycles. The second-order valence-corrected chi connectivity index (χ2v) is 6.04. The topological polar surface area (TPSA) is 54.0 Å². The van der Waals surface area contributed by atoms with Crippen molar-refractivity contribution in [2.75, 3.05) is 29.9 Å². The minimum absolute atomic E-state index is 0.0566. The van der Waals surface area contributed by atoms with Crippen molar-refractivity contribution < 1.29 is 9.18 Å². The van der Waals surface area contributed by atoms with E-state index in [1.165, 1.54) is 12.3 Å². The first kappa shape index (κ1) is 15.1. The Bertz CT molecular complexity index is 464. The molecule has 1 fully saturated rings. The van der Waals surface area contributed by atoms with E-state index in [4.69, 9.17) is 0 Å². The summed E-state index contributed by atoms with van der Waals surface area (Å²) in [6.45, 7) is 3.04. The van der Waals surface area contributed by atoms with Crippen LogP contribution in [0.2, 0.25) is 0 Å². The maximum Gasteiger partial charge on any atom is 0.254 e. The molecule has 2 N–H and O–H groups in total. The second-order valence-electron chi connectivity index (χ2n) is 4.82. The summed E-state index contributed by atoms with van der Waals surface area (Å²) in [5, 5.41) is 5.64. The van der Waals surface area contributed by atoms with Gasteiger partial charge in [0.25, 0.3) is 5.91 Å². The van der Waals surface area contributed by atoms with E-state index in [0.29, 0.717) is 19.0 Å². The SMILES string of the molecule is CCNc1nccc(C(=O)NCC2CCSCC2)c1F. The monoisotopic (exact) mass is 297 g/mol. The van der Waals surface area contributed by atoms with Crippen LogP contribution in [0, 0.1) is 11.7 Å². The average molecular weight is 297 g/mol. The number of hydrogen-bond donors (Lipinski definition) is 2. The van der Waals surface area contributed by atoms with Crippen LogP contribution < -0.4 is 10.6 Å². The predicted molar refractivity (Wildman–Crippen MR) is 80.7 cm³/mol. The Morgan fingerprint density at radius 1 is 1.50 bits per heavy atom. The summed E-state index contributed by atoms with van der Waals surface area (Å²) in [7, 11) is 0. The fourth-order valence-electron chi connectivity index (χ4n) is 2.19. The molecule has 4 nitrogen and oxygen atoms in total. The molecule has 110 valence electrons. The Hall–Kier alpha value is -1.30. The van der Waals surface area contributed by atoms with Crippen LogP contribution in [0.15, 0.2) is 12.3 Å². The van der Waals surface area contributed by atoms with E-state index >= 15 is 0 Å². The van der Waals surface area contributed by atoms with Crippen LogP contribution in [-0.4, -0.2) is 35.5 Å². The Labute approximate surface area is 122 Å².